The van der Waals surface area contributed by atoms with Gasteiger partial charge in [0, 0.05) is 17.1 Å². The van der Waals surface area contributed by atoms with Crippen LogP contribution in [0.2, 0.25) is 0 Å². The summed E-state index contributed by atoms with van der Waals surface area (Å²) < 4.78 is 1.71. The molecule has 0 saturated heterocycles. The molecule has 16 nitrogen and oxygen atoms in total. The predicted molar refractivity (Wildman–Crippen MR) is 243 cm³/mol. The van der Waals surface area contributed by atoms with Crippen molar-refractivity contribution in [1.29, 1.82) is 0 Å². The van der Waals surface area contributed by atoms with Gasteiger partial charge in [0.2, 0.25) is 0 Å². The molecule has 0 radical (unpaired) electrons. The summed E-state index contributed by atoms with van der Waals surface area (Å²) in [5, 5.41) is 9.12. The van der Waals surface area contributed by atoms with Crippen molar-refractivity contribution in [3.63, 3.8) is 0 Å². The Bertz CT molecular complexity index is 4000. The smallest absolute Gasteiger partial charge is 0.260 e. The van der Waals surface area contributed by atoms with Crippen molar-refractivity contribution in [3.8, 4) is 28.3 Å². The molecule has 298 valence electrons. The molecule has 0 aliphatic carbocycles. The van der Waals surface area contributed by atoms with Crippen molar-refractivity contribution in [2.75, 3.05) is 0 Å². The molecule has 0 atom stereocenters. The minimum absolute atomic E-state index is 0.0753. The van der Waals surface area contributed by atoms with Crippen LogP contribution in [0, 0.1) is 0 Å². The highest BCUT2D eigenvalue weighted by atomic mass is 15.3. The van der Waals surface area contributed by atoms with Gasteiger partial charge in [-0.15, -0.1) is 10.2 Å². The highest BCUT2D eigenvalue weighted by Gasteiger charge is 2.27. The SMILES string of the molecule is C1=Cc2cc3nnc(nc4nc(c(-c5cnc6ccccc6n5)c5[nH]c(cc1n2)cc5-c1cnc2ccccc2n1)C(c1cnc2ccccc2n1)=N4)n3-c1cnc2ccccc2n1. The van der Waals surface area contributed by atoms with Crippen molar-refractivity contribution < 1.29 is 0 Å². The molecular formula is C48H26N16. The molecule has 7 aromatic heterocycles. The number of para-hydroxylation sites is 8. The molecule has 0 saturated carbocycles. The second-order valence-electron chi connectivity index (χ2n) is 14.9. The van der Waals surface area contributed by atoms with Gasteiger partial charge in [0.1, 0.15) is 17.1 Å². The first-order chi connectivity index (χ1) is 31.6. The average molecular weight is 827 g/mol. The molecule has 4 aromatic carbocycles. The van der Waals surface area contributed by atoms with Crippen LogP contribution in [0.5, 0.6) is 0 Å². The van der Waals surface area contributed by atoms with Crippen LogP contribution in [0.25, 0.3) is 107 Å². The number of hydrogen-bond acceptors (Lipinski definition) is 14. The number of aromatic nitrogens is 15. The molecule has 1 N–H and O–H groups in total. The highest BCUT2D eigenvalue weighted by molar-refractivity contribution is 6.18. The van der Waals surface area contributed by atoms with Gasteiger partial charge in [-0.1, -0.05) is 48.5 Å². The Labute approximate surface area is 360 Å². The molecule has 0 unspecified atom stereocenters. The standard InChI is InChI=1S/C48H26N16/c1-5-13-34-30(9-1)49-22-38(55-34)29-20-28-19-26-17-18-27(53-26)21-41-62-63-48(64(41)42-25-52-33-12-4-8-16-37(33)58-42)61-47-59-45(40-24-51-32-11-3-7-15-36(32)57-40)46(60-47)43(44(29)54-28)39-23-50-31-10-2-6-14-35(31)56-39/h1-25,54H. The maximum absolute atomic E-state index is 5.23. The molecule has 11 aromatic rings. The summed E-state index contributed by atoms with van der Waals surface area (Å²) in [5.41, 5.74) is 12.5. The minimum atomic E-state index is 0.0753. The number of H-pyrrole nitrogens is 1. The molecular weight excluding hydrogens is 801 g/mol. The lowest BCUT2D eigenvalue weighted by molar-refractivity contribution is 1.03. The molecule has 0 fully saturated rings. The molecule has 8 bridgehead atoms. The summed E-state index contributed by atoms with van der Waals surface area (Å²) in [6, 6.07) is 36.6. The van der Waals surface area contributed by atoms with E-state index in [4.69, 9.17) is 59.8 Å². The van der Waals surface area contributed by atoms with Gasteiger partial charge in [0.05, 0.1) is 103 Å². The van der Waals surface area contributed by atoms with Crippen LogP contribution < -0.4 is 0 Å². The maximum atomic E-state index is 5.23. The first kappa shape index (κ1) is 35.3. The first-order valence-electron chi connectivity index (χ1n) is 20.2. The predicted octanol–water partition coefficient (Wildman–Crippen LogP) is 8.41. The fourth-order valence-electron chi connectivity index (χ4n) is 7.95. The zero-order valence-electron chi connectivity index (χ0n) is 33.1. The molecule has 13 rings (SSSR count). The molecule has 64 heavy (non-hydrogen) atoms. The number of nitrogens with one attached hydrogen (secondary N) is 1. The van der Waals surface area contributed by atoms with E-state index in [0.29, 0.717) is 79.0 Å². The van der Waals surface area contributed by atoms with E-state index in [2.05, 4.69) is 15.2 Å². The van der Waals surface area contributed by atoms with Crippen molar-refractivity contribution in [2.24, 2.45) is 4.99 Å². The monoisotopic (exact) mass is 826 g/mol. The third-order valence-electron chi connectivity index (χ3n) is 10.9. The lowest BCUT2D eigenvalue weighted by Crippen LogP contribution is -2.08. The van der Waals surface area contributed by atoms with E-state index in [0.717, 1.165) is 38.7 Å². The topological polar surface area (TPSA) is 201 Å². The zero-order chi connectivity index (χ0) is 42.1. The number of aliphatic imine (C=N–C) groups is 1. The van der Waals surface area contributed by atoms with E-state index in [9.17, 15) is 0 Å². The van der Waals surface area contributed by atoms with Crippen LogP contribution >= 0.6 is 0 Å². The summed E-state index contributed by atoms with van der Waals surface area (Å²) >= 11 is 0. The summed E-state index contributed by atoms with van der Waals surface area (Å²) in [7, 11) is 0. The van der Waals surface area contributed by atoms with Crippen LogP contribution in [0.3, 0.4) is 0 Å². The molecule has 9 heterocycles. The molecule has 2 aliphatic rings. The highest BCUT2D eigenvalue weighted by Crippen LogP contribution is 2.37. The molecule has 0 amide bonds. The molecule has 0 spiro atoms. The van der Waals surface area contributed by atoms with Crippen molar-refractivity contribution in [2.45, 2.75) is 0 Å². The van der Waals surface area contributed by atoms with Gasteiger partial charge in [-0.2, -0.15) is 4.98 Å². The van der Waals surface area contributed by atoms with E-state index in [1.807, 2.05) is 127 Å². The maximum Gasteiger partial charge on any atom is 0.260 e. The van der Waals surface area contributed by atoms with Gasteiger partial charge < -0.3 is 4.98 Å². The van der Waals surface area contributed by atoms with E-state index < -0.39 is 0 Å². The number of rotatable bonds is 4. The number of nitrogens with zero attached hydrogens (tertiary/aromatic N) is 15. The van der Waals surface area contributed by atoms with E-state index >= 15 is 0 Å². The van der Waals surface area contributed by atoms with Gasteiger partial charge in [0.25, 0.3) is 11.7 Å². The summed E-state index contributed by atoms with van der Waals surface area (Å²) in [6.07, 6.45) is 10.7. The first-order valence-corrected chi connectivity index (χ1v) is 20.2. The van der Waals surface area contributed by atoms with Gasteiger partial charge in [0.15, 0.2) is 11.5 Å². The second-order valence-corrected chi connectivity index (χ2v) is 14.9. The fraction of sp³-hybridized carbons (Fsp3) is 0. The quantitative estimate of drug-likeness (QED) is 0.177. The largest absolute Gasteiger partial charge is 0.354 e. The van der Waals surface area contributed by atoms with Gasteiger partial charge in [-0.3, -0.25) is 19.9 Å². The van der Waals surface area contributed by atoms with Crippen LogP contribution in [-0.2, 0) is 0 Å². The Hall–Kier alpha value is -9.44. The normalized spacial score (nSPS) is 12.4. The van der Waals surface area contributed by atoms with Crippen LogP contribution in [0.15, 0.2) is 145 Å². The molecule has 2 aliphatic heterocycles. The van der Waals surface area contributed by atoms with Crippen LogP contribution in [-0.4, -0.2) is 80.3 Å². The number of aromatic amines is 1. The Morgan fingerprint density at radius 3 is 1.67 bits per heavy atom. The van der Waals surface area contributed by atoms with Crippen molar-refractivity contribution in [1.82, 2.24) is 74.6 Å². The van der Waals surface area contributed by atoms with Crippen LogP contribution in [0.4, 0.5) is 5.95 Å². The number of benzene rings is 4. The van der Waals surface area contributed by atoms with Crippen molar-refractivity contribution in [3.05, 3.63) is 163 Å². The zero-order valence-corrected chi connectivity index (χ0v) is 33.1. The van der Waals surface area contributed by atoms with E-state index in [1.165, 1.54) is 0 Å². The third kappa shape index (κ3) is 6.00. The second kappa shape index (κ2) is 14.1. The Balaban J connectivity index is 1.19. The minimum Gasteiger partial charge on any atom is -0.354 e. The summed E-state index contributed by atoms with van der Waals surface area (Å²) in [6.45, 7) is 0. The summed E-state index contributed by atoms with van der Waals surface area (Å²) in [5.74, 6) is 0.680. The number of hydrogen-bond donors (Lipinski definition) is 1. The van der Waals surface area contributed by atoms with Gasteiger partial charge >= 0.3 is 0 Å². The summed E-state index contributed by atoms with van der Waals surface area (Å²) in [4.78, 5) is 63.5. The lowest BCUT2D eigenvalue weighted by Gasteiger charge is -2.10. The Morgan fingerprint density at radius 2 is 1.00 bits per heavy atom. The Morgan fingerprint density at radius 1 is 0.453 bits per heavy atom. The third-order valence-corrected chi connectivity index (χ3v) is 10.9. The van der Waals surface area contributed by atoms with E-state index in [1.54, 1.807) is 29.4 Å². The van der Waals surface area contributed by atoms with Crippen molar-refractivity contribution >= 4 is 90.4 Å². The van der Waals surface area contributed by atoms with Gasteiger partial charge in [-0.25, -0.2) is 39.5 Å². The van der Waals surface area contributed by atoms with E-state index in [-0.39, 0.29) is 11.7 Å². The lowest BCUT2D eigenvalue weighted by atomic mass is 10.0. The number of fused-ring (bicyclic) bond motifs is 12. The average Bonchev–Trinajstić information content (AvgIpc) is 4.16. The van der Waals surface area contributed by atoms with Crippen LogP contribution in [0.1, 0.15) is 22.8 Å². The Kier molecular flexibility index (Phi) is 7.77. The molecule has 16 heteroatoms. The van der Waals surface area contributed by atoms with Gasteiger partial charge in [-0.05, 0) is 72.8 Å². The fourth-order valence-corrected chi connectivity index (χ4v) is 7.95.